The first-order chi connectivity index (χ1) is 5.61. The minimum absolute atomic E-state index is 0.0949. The molecule has 0 unspecified atom stereocenters. The summed E-state index contributed by atoms with van der Waals surface area (Å²) in [4.78, 5) is 10.3. The molecule has 0 aliphatic heterocycles. The zero-order valence-electron chi connectivity index (χ0n) is 6.65. The lowest BCUT2D eigenvalue weighted by Gasteiger charge is -2.02. The van der Waals surface area contributed by atoms with Crippen LogP contribution in [0.25, 0.3) is 0 Å². The Balaban J connectivity index is 2.64. The minimum Gasteiger partial charge on any atom is -0.479 e. The molecule has 4 heteroatoms. The summed E-state index contributed by atoms with van der Waals surface area (Å²) < 4.78 is 4.94. The number of carboxylic acids is 1. The van der Waals surface area contributed by atoms with E-state index < -0.39 is 12.1 Å². The summed E-state index contributed by atoms with van der Waals surface area (Å²) in [5.74, 6) is -0.564. The fourth-order valence-corrected chi connectivity index (χ4v) is 0.919. The number of hydrogen-bond donors (Lipinski definition) is 2. The van der Waals surface area contributed by atoms with Crippen LogP contribution in [-0.2, 0) is 11.2 Å². The molecule has 1 aromatic rings. The van der Waals surface area contributed by atoms with Gasteiger partial charge in [-0.1, -0.05) is 0 Å². The number of furan rings is 1. The molecule has 12 heavy (non-hydrogen) atoms. The van der Waals surface area contributed by atoms with Crippen LogP contribution in [0.2, 0.25) is 0 Å². The first-order valence-corrected chi connectivity index (χ1v) is 3.55. The molecule has 0 saturated heterocycles. The van der Waals surface area contributed by atoms with Gasteiger partial charge in [0.15, 0.2) is 6.10 Å². The van der Waals surface area contributed by atoms with Crippen LogP contribution >= 0.6 is 0 Å². The van der Waals surface area contributed by atoms with Crippen LogP contribution in [0, 0.1) is 6.92 Å². The van der Waals surface area contributed by atoms with Crippen molar-refractivity contribution in [1.29, 1.82) is 0 Å². The van der Waals surface area contributed by atoms with E-state index in [1.165, 1.54) is 6.26 Å². The van der Waals surface area contributed by atoms with E-state index in [1.807, 2.05) is 0 Å². The quantitative estimate of drug-likeness (QED) is 0.695. The number of carboxylic acid groups (broad SMARTS) is 1. The molecule has 0 saturated carbocycles. The van der Waals surface area contributed by atoms with Crippen molar-refractivity contribution in [3.8, 4) is 0 Å². The van der Waals surface area contributed by atoms with Gasteiger partial charge >= 0.3 is 5.97 Å². The van der Waals surface area contributed by atoms with E-state index in [-0.39, 0.29) is 6.42 Å². The average Bonchev–Trinajstić information content (AvgIpc) is 2.36. The summed E-state index contributed by atoms with van der Waals surface area (Å²) in [6, 6.07) is 1.65. The van der Waals surface area contributed by atoms with Gasteiger partial charge < -0.3 is 14.6 Å². The molecule has 1 aromatic heterocycles. The maximum Gasteiger partial charge on any atom is 0.332 e. The Labute approximate surface area is 69.4 Å². The normalized spacial score (nSPS) is 12.8. The lowest BCUT2D eigenvalue weighted by Crippen LogP contribution is -2.21. The number of aryl methyl sites for hydroxylation is 1. The molecule has 4 nitrogen and oxygen atoms in total. The minimum atomic E-state index is -1.35. The van der Waals surface area contributed by atoms with E-state index in [0.717, 1.165) is 5.56 Å². The number of aliphatic carboxylic acids is 1. The monoisotopic (exact) mass is 170 g/mol. The molecule has 1 rings (SSSR count). The van der Waals surface area contributed by atoms with E-state index in [1.54, 1.807) is 13.0 Å². The molecule has 66 valence electrons. The molecule has 0 bridgehead atoms. The average molecular weight is 170 g/mol. The van der Waals surface area contributed by atoms with Gasteiger partial charge in [0.1, 0.15) is 5.76 Å². The van der Waals surface area contributed by atoms with Gasteiger partial charge in [-0.05, 0) is 18.6 Å². The summed E-state index contributed by atoms with van der Waals surface area (Å²) in [5, 5.41) is 17.4. The predicted octanol–water partition coefficient (Wildman–Crippen LogP) is 0.576. The van der Waals surface area contributed by atoms with Crippen LogP contribution in [0.5, 0.6) is 0 Å². The summed E-state index contributed by atoms with van der Waals surface area (Å²) in [5.41, 5.74) is 0.727. The summed E-state index contributed by atoms with van der Waals surface area (Å²) >= 11 is 0. The second-order valence-electron chi connectivity index (χ2n) is 2.56. The van der Waals surface area contributed by atoms with Gasteiger partial charge in [-0.25, -0.2) is 4.79 Å². The molecular weight excluding hydrogens is 160 g/mol. The van der Waals surface area contributed by atoms with Gasteiger partial charge in [0.05, 0.1) is 6.26 Å². The first-order valence-electron chi connectivity index (χ1n) is 3.55. The third-order valence-electron chi connectivity index (χ3n) is 1.66. The smallest absolute Gasteiger partial charge is 0.332 e. The molecule has 0 amide bonds. The van der Waals surface area contributed by atoms with Crippen molar-refractivity contribution in [2.45, 2.75) is 19.4 Å². The van der Waals surface area contributed by atoms with Crippen LogP contribution < -0.4 is 0 Å². The van der Waals surface area contributed by atoms with Crippen LogP contribution in [0.3, 0.4) is 0 Å². The van der Waals surface area contributed by atoms with Crippen LogP contribution in [0.1, 0.15) is 11.3 Å². The second kappa shape index (κ2) is 3.40. The maximum atomic E-state index is 10.3. The van der Waals surface area contributed by atoms with Crippen molar-refractivity contribution in [3.05, 3.63) is 23.7 Å². The highest BCUT2D eigenvalue weighted by atomic mass is 16.4. The van der Waals surface area contributed by atoms with Crippen molar-refractivity contribution >= 4 is 5.97 Å². The highest BCUT2D eigenvalue weighted by Gasteiger charge is 2.15. The topological polar surface area (TPSA) is 70.7 Å². The SMILES string of the molecule is Cc1occc1C[C@@H](O)C(=O)O. The van der Waals surface area contributed by atoms with Crippen molar-refractivity contribution in [3.63, 3.8) is 0 Å². The van der Waals surface area contributed by atoms with Crippen molar-refractivity contribution in [2.24, 2.45) is 0 Å². The Morgan fingerprint density at radius 3 is 2.83 bits per heavy atom. The Hall–Kier alpha value is -1.29. The predicted molar refractivity (Wildman–Crippen MR) is 40.8 cm³/mol. The zero-order chi connectivity index (χ0) is 9.14. The molecule has 0 radical (unpaired) electrons. The van der Waals surface area contributed by atoms with Gasteiger partial charge in [0, 0.05) is 6.42 Å². The number of aliphatic hydroxyl groups is 1. The Bertz CT molecular complexity index is 276. The van der Waals surface area contributed by atoms with E-state index >= 15 is 0 Å². The van der Waals surface area contributed by atoms with E-state index in [4.69, 9.17) is 14.6 Å². The van der Waals surface area contributed by atoms with Gasteiger partial charge in [0.2, 0.25) is 0 Å². The molecule has 0 fully saturated rings. The third kappa shape index (κ3) is 1.85. The number of rotatable bonds is 3. The number of carbonyl (C=O) groups is 1. The molecule has 0 aromatic carbocycles. The zero-order valence-corrected chi connectivity index (χ0v) is 6.65. The molecule has 1 heterocycles. The first kappa shape index (κ1) is 8.80. The molecule has 0 aliphatic rings. The van der Waals surface area contributed by atoms with Crippen molar-refractivity contribution in [1.82, 2.24) is 0 Å². The molecule has 0 spiro atoms. The van der Waals surface area contributed by atoms with E-state index in [0.29, 0.717) is 5.76 Å². The van der Waals surface area contributed by atoms with Crippen LogP contribution in [-0.4, -0.2) is 22.3 Å². The highest BCUT2D eigenvalue weighted by molar-refractivity contribution is 5.72. The fourth-order valence-electron chi connectivity index (χ4n) is 0.919. The van der Waals surface area contributed by atoms with E-state index in [9.17, 15) is 4.79 Å². The number of hydrogen-bond acceptors (Lipinski definition) is 3. The van der Waals surface area contributed by atoms with Gasteiger partial charge in [-0.15, -0.1) is 0 Å². The maximum absolute atomic E-state index is 10.3. The van der Waals surface area contributed by atoms with Crippen LogP contribution in [0.4, 0.5) is 0 Å². The van der Waals surface area contributed by atoms with Gasteiger partial charge in [-0.2, -0.15) is 0 Å². The molecule has 2 N–H and O–H groups in total. The molecular formula is C8H10O4. The fraction of sp³-hybridized carbons (Fsp3) is 0.375. The second-order valence-corrected chi connectivity index (χ2v) is 2.56. The third-order valence-corrected chi connectivity index (χ3v) is 1.66. The van der Waals surface area contributed by atoms with Crippen LogP contribution in [0.15, 0.2) is 16.7 Å². The molecule has 1 atom stereocenters. The number of aliphatic hydroxyl groups excluding tert-OH is 1. The van der Waals surface area contributed by atoms with Crippen molar-refractivity contribution < 1.29 is 19.4 Å². The van der Waals surface area contributed by atoms with Gasteiger partial charge in [0.25, 0.3) is 0 Å². The van der Waals surface area contributed by atoms with E-state index in [2.05, 4.69) is 0 Å². The highest BCUT2D eigenvalue weighted by Crippen LogP contribution is 2.11. The van der Waals surface area contributed by atoms with Gasteiger partial charge in [-0.3, -0.25) is 0 Å². The lowest BCUT2D eigenvalue weighted by atomic mass is 10.1. The Kier molecular flexibility index (Phi) is 2.50. The largest absolute Gasteiger partial charge is 0.479 e. The molecule has 0 aliphatic carbocycles. The van der Waals surface area contributed by atoms with Crippen molar-refractivity contribution in [2.75, 3.05) is 0 Å². The Morgan fingerprint density at radius 1 is 1.75 bits per heavy atom. The standard InChI is InChI=1S/C8H10O4/c1-5-6(2-3-12-5)4-7(9)8(10)11/h2-3,7,9H,4H2,1H3,(H,10,11)/t7-/m1/s1. The Morgan fingerprint density at radius 2 is 2.42 bits per heavy atom. The summed E-state index contributed by atoms with van der Waals surface area (Å²) in [6.45, 7) is 1.73. The lowest BCUT2D eigenvalue weighted by molar-refractivity contribution is -0.146. The summed E-state index contributed by atoms with van der Waals surface area (Å²) in [6.07, 6.45) is 0.220. The summed E-state index contributed by atoms with van der Waals surface area (Å²) in [7, 11) is 0.